The number of isothiocyanates is 1. The van der Waals surface area contributed by atoms with Crippen LogP contribution < -0.4 is 0 Å². The second kappa shape index (κ2) is 5.07. The van der Waals surface area contributed by atoms with Crippen LogP contribution in [-0.4, -0.2) is 10.7 Å². The molecule has 0 rings (SSSR count). The highest BCUT2D eigenvalue weighted by Gasteiger charge is 2.09. The molecule has 60 valence electrons. The molecule has 0 amide bonds. The van der Waals surface area contributed by atoms with Gasteiger partial charge >= 0.3 is 0 Å². The predicted octanol–water partition coefficient (Wildman–Crippen LogP) is 2.67. The number of nitrogens with zero attached hydrogens (tertiary/aromatic N) is 1. The van der Waals surface area contributed by atoms with E-state index >= 15 is 0 Å². The molecule has 1 nitrogen and oxygen atoms in total. The van der Waals surface area contributed by atoms with Crippen molar-refractivity contribution >= 4 is 17.4 Å². The van der Waals surface area contributed by atoms with Crippen LogP contribution in [0.2, 0.25) is 0 Å². The molecule has 11 heavy (non-hydrogen) atoms. The average molecular weight is 167 g/mol. The fraction of sp³-hybridized carbons (Fsp3) is 0.667. The van der Waals surface area contributed by atoms with Gasteiger partial charge in [0.2, 0.25) is 0 Å². The normalized spacial score (nSPS) is 9.36. The molecule has 0 aliphatic rings. The number of hydrogen-bond donors (Lipinski definition) is 0. The molecule has 0 radical (unpaired) electrons. The Kier molecular flexibility index (Phi) is 4.77. The monoisotopic (exact) mass is 167 g/mol. The molecule has 0 saturated carbocycles. The maximum absolute atomic E-state index is 4.49. The summed E-state index contributed by atoms with van der Waals surface area (Å²) >= 11 is 4.49. The zero-order chi connectivity index (χ0) is 8.74. The van der Waals surface area contributed by atoms with E-state index in [0.29, 0.717) is 0 Å². The van der Waals surface area contributed by atoms with Gasteiger partial charge in [0.1, 0.15) is 5.54 Å². The topological polar surface area (TPSA) is 12.4 Å². The minimum Gasteiger partial charge on any atom is -0.213 e. The summed E-state index contributed by atoms with van der Waals surface area (Å²) in [4.78, 5) is 3.92. The third-order valence-electron chi connectivity index (χ3n) is 1.09. The first kappa shape index (κ1) is 10.4. The van der Waals surface area contributed by atoms with Gasteiger partial charge in [-0.15, -0.1) is 5.92 Å². The summed E-state index contributed by atoms with van der Waals surface area (Å²) in [7, 11) is 0. The Labute approximate surface area is 73.9 Å². The first-order chi connectivity index (χ1) is 5.12. The SMILES string of the molecule is CCCC#CC(C)(C)N=C=S. The third kappa shape index (κ3) is 5.79. The van der Waals surface area contributed by atoms with E-state index in [2.05, 4.69) is 41.1 Å². The zero-order valence-electron chi connectivity index (χ0n) is 7.27. The van der Waals surface area contributed by atoms with Gasteiger partial charge in [0, 0.05) is 6.42 Å². The molecule has 0 aromatic carbocycles. The van der Waals surface area contributed by atoms with Gasteiger partial charge in [-0.25, -0.2) is 4.99 Å². The van der Waals surface area contributed by atoms with E-state index in [9.17, 15) is 0 Å². The molecule has 0 unspecified atom stereocenters. The second-order valence-electron chi connectivity index (χ2n) is 2.81. The van der Waals surface area contributed by atoms with Gasteiger partial charge in [0.05, 0.1) is 5.16 Å². The summed E-state index contributed by atoms with van der Waals surface area (Å²) in [6, 6.07) is 0. The summed E-state index contributed by atoms with van der Waals surface area (Å²) in [6.45, 7) is 5.95. The highest BCUT2D eigenvalue weighted by atomic mass is 32.1. The number of thiocarbonyl (C=S) groups is 1. The standard InChI is InChI=1S/C9H13NS/c1-4-5-6-7-9(2,3)10-8-11/h4-5H2,1-3H3. The van der Waals surface area contributed by atoms with Crippen LogP contribution in [-0.2, 0) is 0 Å². The van der Waals surface area contributed by atoms with E-state index in [1.165, 1.54) is 0 Å². The minimum absolute atomic E-state index is 0.350. The van der Waals surface area contributed by atoms with E-state index in [1.807, 2.05) is 13.8 Å². The fourth-order valence-corrected chi connectivity index (χ4v) is 0.774. The van der Waals surface area contributed by atoms with E-state index in [4.69, 9.17) is 0 Å². The van der Waals surface area contributed by atoms with E-state index < -0.39 is 0 Å². The molecule has 0 atom stereocenters. The van der Waals surface area contributed by atoms with Gasteiger partial charge < -0.3 is 0 Å². The van der Waals surface area contributed by atoms with Crippen molar-refractivity contribution in [2.45, 2.75) is 39.2 Å². The fourth-order valence-electron chi connectivity index (χ4n) is 0.546. The van der Waals surface area contributed by atoms with Gasteiger partial charge in [-0.3, -0.25) is 0 Å². The number of rotatable bonds is 2. The van der Waals surface area contributed by atoms with E-state index in [1.54, 1.807) is 0 Å². The average Bonchev–Trinajstić information content (AvgIpc) is 1.87. The molecular weight excluding hydrogens is 154 g/mol. The predicted molar refractivity (Wildman–Crippen MR) is 51.8 cm³/mol. The summed E-state index contributed by atoms with van der Waals surface area (Å²) in [5.41, 5.74) is -0.350. The van der Waals surface area contributed by atoms with E-state index in [0.717, 1.165) is 12.8 Å². The van der Waals surface area contributed by atoms with Crippen LogP contribution in [0.4, 0.5) is 0 Å². The van der Waals surface area contributed by atoms with Gasteiger partial charge in [-0.05, 0) is 32.5 Å². The van der Waals surface area contributed by atoms with Crippen molar-refractivity contribution in [3.8, 4) is 11.8 Å². The van der Waals surface area contributed by atoms with Crippen molar-refractivity contribution in [3.63, 3.8) is 0 Å². The van der Waals surface area contributed by atoms with E-state index in [-0.39, 0.29) is 5.54 Å². The van der Waals surface area contributed by atoms with Crippen LogP contribution >= 0.6 is 12.2 Å². The van der Waals surface area contributed by atoms with Crippen molar-refractivity contribution in [3.05, 3.63) is 0 Å². The van der Waals surface area contributed by atoms with Gasteiger partial charge in [0.15, 0.2) is 0 Å². The Hall–Kier alpha value is -0.640. The third-order valence-corrected chi connectivity index (χ3v) is 1.19. The number of unbranched alkanes of at least 4 members (excludes halogenated alkanes) is 1. The lowest BCUT2D eigenvalue weighted by Crippen LogP contribution is -2.12. The molecule has 0 aliphatic carbocycles. The number of hydrogen-bond acceptors (Lipinski definition) is 2. The molecule has 2 heteroatoms. The van der Waals surface area contributed by atoms with Gasteiger partial charge in [0.25, 0.3) is 0 Å². The van der Waals surface area contributed by atoms with Crippen LogP contribution in [0.3, 0.4) is 0 Å². The second-order valence-corrected chi connectivity index (χ2v) is 3.00. The smallest absolute Gasteiger partial charge is 0.125 e. The molecule has 0 aliphatic heterocycles. The Morgan fingerprint density at radius 1 is 1.45 bits per heavy atom. The largest absolute Gasteiger partial charge is 0.213 e. The molecule has 0 N–H and O–H groups in total. The molecule has 0 spiro atoms. The lowest BCUT2D eigenvalue weighted by molar-refractivity contribution is 0.688. The quantitative estimate of drug-likeness (QED) is 0.350. The first-order valence-corrected chi connectivity index (χ1v) is 4.12. The molecular formula is C9H13NS. The van der Waals surface area contributed by atoms with Crippen LogP contribution in [0.5, 0.6) is 0 Å². The highest BCUT2D eigenvalue weighted by molar-refractivity contribution is 7.78. The van der Waals surface area contributed by atoms with Crippen molar-refractivity contribution in [1.29, 1.82) is 0 Å². The summed E-state index contributed by atoms with van der Waals surface area (Å²) in [5, 5.41) is 2.34. The lowest BCUT2D eigenvalue weighted by atomic mass is 10.1. The van der Waals surface area contributed by atoms with Crippen molar-refractivity contribution in [2.24, 2.45) is 4.99 Å². The summed E-state index contributed by atoms with van der Waals surface area (Å²) in [6.07, 6.45) is 2.01. The Bertz CT molecular complexity index is 213. The maximum atomic E-state index is 4.49. The number of aliphatic imine (C=N–C) groups is 1. The van der Waals surface area contributed by atoms with Crippen molar-refractivity contribution < 1.29 is 0 Å². The first-order valence-electron chi connectivity index (χ1n) is 3.71. The minimum atomic E-state index is -0.350. The molecule has 0 fully saturated rings. The lowest BCUT2D eigenvalue weighted by Gasteiger charge is -2.06. The molecule has 0 heterocycles. The van der Waals surface area contributed by atoms with Crippen molar-refractivity contribution in [1.82, 2.24) is 0 Å². The molecule has 0 bridgehead atoms. The van der Waals surface area contributed by atoms with Gasteiger partial charge in [-0.2, -0.15) is 0 Å². The zero-order valence-corrected chi connectivity index (χ0v) is 8.09. The van der Waals surface area contributed by atoms with Crippen molar-refractivity contribution in [2.75, 3.05) is 0 Å². The van der Waals surface area contributed by atoms with Crippen LogP contribution in [0.25, 0.3) is 0 Å². The molecule has 0 aromatic rings. The Morgan fingerprint density at radius 2 is 2.09 bits per heavy atom. The van der Waals surface area contributed by atoms with Crippen LogP contribution in [0.15, 0.2) is 4.99 Å². The van der Waals surface area contributed by atoms with Crippen LogP contribution in [0.1, 0.15) is 33.6 Å². The summed E-state index contributed by atoms with van der Waals surface area (Å²) in [5.74, 6) is 6.05. The van der Waals surface area contributed by atoms with Crippen LogP contribution in [0, 0.1) is 11.8 Å². The Morgan fingerprint density at radius 3 is 2.55 bits per heavy atom. The maximum Gasteiger partial charge on any atom is 0.125 e. The molecule has 0 aromatic heterocycles. The summed E-state index contributed by atoms with van der Waals surface area (Å²) < 4.78 is 0. The highest BCUT2D eigenvalue weighted by Crippen LogP contribution is 2.05. The molecule has 0 saturated heterocycles. The Balaban J connectivity index is 4.13. The van der Waals surface area contributed by atoms with Gasteiger partial charge in [-0.1, -0.05) is 12.8 Å².